The first-order valence-electron chi connectivity index (χ1n) is 4.98. The molecule has 1 aromatic carbocycles. The molecule has 18 heavy (non-hydrogen) atoms. The summed E-state index contributed by atoms with van der Waals surface area (Å²) in [4.78, 5) is 3.97. The topological polar surface area (TPSA) is 42.4 Å². The number of pyridine rings is 1. The molecule has 0 unspecified atom stereocenters. The average molecular weight is 333 g/mol. The molecule has 3 nitrogen and oxygen atoms in total. The lowest BCUT2D eigenvalue weighted by atomic mass is 10.3. The molecule has 0 saturated carbocycles. The van der Waals surface area contributed by atoms with Gasteiger partial charge in [0.2, 0.25) is 5.88 Å². The number of hydrogen-bond acceptors (Lipinski definition) is 3. The molecule has 0 saturated heterocycles. The van der Waals surface area contributed by atoms with Gasteiger partial charge in [0.1, 0.15) is 11.6 Å². The van der Waals surface area contributed by atoms with Crippen molar-refractivity contribution in [2.24, 2.45) is 0 Å². The minimum Gasteiger partial charge on any atom is -0.438 e. The predicted octanol–water partition coefficient (Wildman–Crippen LogP) is 3.92. The Morgan fingerprint density at radius 2 is 2.17 bits per heavy atom. The van der Waals surface area contributed by atoms with Crippen LogP contribution in [0.2, 0.25) is 5.02 Å². The summed E-state index contributed by atoms with van der Waals surface area (Å²) in [5, 5.41) is 9.44. The molecular weight excluding hydrogens is 324 g/mol. The molecule has 0 aliphatic carbocycles. The van der Waals surface area contributed by atoms with Crippen LogP contribution in [0.4, 0.5) is 4.39 Å². The summed E-state index contributed by atoms with van der Waals surface area (Å²) in [7, 11) is 0. The fraction of sp³-hybridized carbons (Fsp3) is 0.0833. The van der Waals surface area contributed by atoms with Crippen LogP contribution in [0.1, 0.15) is 5.56 Å². The number of rotatable bonds is 3. The third kappa shape index (κ3) is 2.98. The number of nitrogens with zero attached hydrogens (tertiary/aromatic N) is 1. The molecule has 94 valence electrons. The Morgan fingerprint density at radius 3 is 2.83 bits per heavy atom. The Labute approximate surface area is 116 Å². The van der Waals surface area contributed by atoms with Crippen LogP contribution in [-0.4, -0.2) is 10.1 Å². The fourth-order valence-electron chi connectivity index (χ4n) is 1.31. The lowest BCUT2D eigenvalue weighted by molar-refractivity contribution is 0.281. The Bertz CT molecular complexity index is 580. The number of ether oxygens (including phenoxy) is 1. The molecule has 0 radical (unpaired) electrons. The lowest BCUT2D eigenvalue weighted by Gasteiger charge is -2.08. The van der Waals surface area contributed by atoms with Crippen molar-refractivity contribution in [1.29, 1.82) is 0 Å². The van der Waals surface area contributed by atoms with E-state index >= 15 is 0 Å². The van der Waals surface area contributed by atoms with Crippen molar-refractivity contribution in [2.45, 2.75) is 6.61 Å². The molecule has 2 aromatic rings. The van der Waals surface area contributed by atoms with Crippen LogP contribution in [0.15, 0.2) is 34.9 Å². The zero-order valence-corrected chi connectivity index (χ0v) is 11.4. The van der Waals surface area contributed by atoms with E-state index in [2.05, 4.69) is 20.9 Å². The maximum atomic E-state index is 12.9. The van der Waals surface area contributed by atoms with Gasteiger partial charge in [-0.15, -0.1) is 0 Å². The molecule has 0 amide bonds. The highest BCUT2D eigenvalue weighted by atomic mass is 79.9. The van der Waals surface area contributed by atoms with Gasteiger partial charge in [-0.1, -0.05) is 11.6 Å². The zero-order valence-electron chi connectivity index (χ0n) is 9.03. The van der Waals surface area contributed by atoms with Gasteiger partial charge in [0.15, 0.2) is 0 Å². The van der Waals surface area contributed by atoms with E-state index in [0.29, 0.717) is 20.8 Å². The molecule has 0 bridgehead atoms. The number of hydrogen-bond donors (Lipinski definition) is 1. The molecule has 2 rings (SSSR count). The average Bonchev–Trinajstić information content (AvgIpc) is 2.35. The van der Waals surface area contributed by atoms with Crippen molar-refractivity contribution in [3.05, 3.63) is 51.3 Å². The van der Waals surface area contributed by atoms with Crippen LogP contribution >= 0.6 is 27.5 Å². The first kappa shape index (κ1) is 13.3. The number of benzene rings is 1. The van der Waals surface area contributed by atoms with Crippen molar-refractivity contribution < 1.29 is 14.2 Å². The minimum absolute atomic E-state index is 0.206. The summed E-state index contributed by atoms with van der Waals surface area (Å²) in [6.45, 7) is -0.206. The summed E-state index contributed by atoms with van der Waals surface area (Å²) in [6.07, 6.45) is 1.39. The first-order chi connectivity index (χ1) is 8.60. The highest BCUT2D eigenvalue weighted by Crippen LogP contribution is 2.30. The van der Waals surface area contributed by atoms with Gasteiger partial charge in [0, 0.05) is 17.8 Å². The number of aromatic nitrogens is 1. The van der Waals surface area contributed by atoms with E-state index in [0.717, 1.165) is 0 Å². The summed E-state index contributed by atoms with van der Waals surface area (Å²) in [6, 6.07) is 5.58. The van der Waals surface area contributed by atoms with Crippen LogP contribution in [0.25, 0.3) is 0 Å². The molecule has 1 heterocycles. The van der Waals surface area contributed by atoms with Crippen molar-refractivity contribution in [3.63, 3.8) is 0 Å². The normalized spacial score (nSPS) is 10.4. The van der Waals surface area contributed by atoms with Crippen LogP contribution in [0.3, 0.4) is 0 Å². The van der Waals surface area contributed by atoms with Crippen molar-refractivity contribution in [2.75, 3.05) is 0 Å². The smallest absolute Gasteiger partial charge is 0.219 e. The third-order valence-corrected chi connectivity index (χ3v) is 3.15. The van der Waals surface area contributed by atoms with Crippen LogP contribution in [0, 0.1) is 5.82 Å². The molecule has 0 fully saturated rings. The molecular formula is C12H8BrClFNO2. The number of aliphatic hydroxyl groups excluding tert-OH is 1. The van der Waals surface area contributed by atoms with Gasteiger partial charge in [-0.2, -0.15) is 0 Å². The predicted molar refractivity (Wildman–Crippen MR) is 69.3 cm³/mol. The molecule has 1 N–H and O–H groups in total. The Hall–Kier alpha value is -1.17. The Balaban J connectivity index is 2.28. The van der Waals surface area contributed by atoms with Gasteiger partial charge in [-0.25, -0.2) is 9.37 Å². The maximum absolute atomic E-state index is 12.9. The first-order valence-corrected chi connectivity index (χ1v) is 6.15. The molecule has 0 spiro atoms. The third-order valence-electron chi connectivity index (χ3n) is 2.19. The van der Waals surface area contributed by atoms with E-state index in [4.69, 9.17) is 21.4 Å². The number of aliphatic hydroxyl groups is 1. The minimum atomic E-state index is -0.366. The SMILES string of the molecule is OCc1cc(Oc2ccc(F)cc2Br)ncc1Cl. The summed E-state index contributed by atoms with van der Waals surface area (Å²) >= 11 is 9.00. The van der Waals surface area contributed by atoms with Crippen molar-refractivity contribution in [3.8, 4) is 11.6 Å². The van der Waals surface area contributed by atoms with E-state index < -0.39 is 0 Å². The summed E-state index contributed by atoms with van der Waals surface area (Å²) in [5.74, 6) is 0.334. The second kappa shape index (κ2) is 5.65. The standard InChI is InChI=1S/C12H8BrClFNO2/c13-9-4-8(15)1-2-11(9)18-12-3-7(6-17)10(14)5-16-12/h1-5,17H,6H2. The second-order valence-corrected chi connectivity index (χ2v) is 4.71. The molecule has 0 aliphatic rings. The summed E-state index contributed by atoms with van der Waals surface area (Å²) in [5.41, 5.74) is 0.514. The van der Waals surface area contributed by atoms with Crippen molar-refractivity contribution >= 4 is 27.5 Å². The van der Waals surface area contributed by atoms with Gasteiger partial charge in [-0.05, 0) is 34.1 Å². The van der Waals surface area contributed by atoms with E-state index in [1.807, 2.05) is 0 Å². The number of halogens is 3. The molecule has 1 aromatic heterocycles. The quantitative estimate of drug-likeness (QED) is 0.926. The Kier molecular flexibility index (Phi) is 4.16. The van der Waals surface area contributed by atoms with E-state index in [-0.39, 0.29) is 18.3 Å². The van der Waals surface area contributed by atoms with E-state index in [9.17, 15) is 4.39 Å². The largest absolute Gasteiger partial charge is 0.438 e. The lowest BCUT2D eigenvalue weighted by Crippen LogP contribution is -1.93. The van der Waals surface area contributed by atoms with Gasteiger partial charge in [-0.3, -0.25) is 0 Å². The van der Waals surface area contributed by atoms with Gasteiger partial charge >= 0.3 is 0 Å². The van der Waals surface area contributed by atoms with Crippen LogP contribution in [0.5, 0.6) is 11.6 Å². The van der Waals surface area contributed by atoms with Gasteiger partial charge in [0.25, 0.3) is 0 Å². The van der Waals surface area contributed by atoms with Gasteiger partial charge < -0.3 is 9.84 Å². The molecule has 0 atom stereocenters. The monoisotopic (exact) mass is 331 g/mol. The van der Waals surface area contributed by atoms with E-state index in [1.165, 1.54) is 30.5 Å². The van der Waals surface area contributed by atoms with E-state index in [1.54, 1.807) is 0 Å². The molecule has 6 heteroatoms. The van der Waals surface area contributed by atoms with Crippen LogP contribution in [-0.2, 0) is 6.61 Å². The highest BCUT2D eigenvalue weighted by Gasteiger charge is 2.07. The highest BCUT2D eigenvalue weighted by molar-refractivity contribution is 9.10. The van der Waals surface area contributed by atoms with Crippen LogP contribution < -0.4 is 4.74 Å². The maximum Gasteiger partial charge on any atom is 0.219 e. The van der Waals surface area contributed by atoms with Crippen molar-refractivity contribution in [1.82, 2.24) is 4.98 Å². The summed E-state index contributed by atoms with van der Waals surface area (Å²) < 4.78 is 18.9. The second-order valence-electron chi connectivity index (χ2n) is 3.45. The fourth-order valence-corrected chi connectivity index (χ4v) is 1.90. The van der Waals surface area contributed by atoms with Gasteiger partial charge in [0.05, 0.1) is 16.1 Å². The molecule has 0 aliphatic heterocycles. The zero-order chi connectivity index (χ0) is 13.1. The Morgan fingerprint density at radius 1 is 1.39 bits per heavy atom.